The summed E-state index contributed by atoms with van der Waals surface area (Å²) in [6.07, 6.45) is 7.52. The fraction of sp³-hybridized carbons (Fsp3) is 0.938. The number of ether oxygens (including phenoxy) is 1. The number of hydrogen-bond acceptors (Lipinski definition) is 3. The van der Waals surface area contributed by atoms with Gasteiger partial charge >= 0.3 is 0 Å². The molecule has 4 heteroatoms. The highest BCUT2D eigenvalue weighted by Gasteiger charge is 2.16. The lowest BCUT2D eigenvalue weighted by atomic mass is 10.1. The number of carbonyl (C=O) groups is 1. The summed E-state index contributed by atoms with van der Waals surface area (Å²) in [5, 5.41) is 3.32. The number of nitrogens with one attached hydrogen (secondary N) is 1. The van der Waals surface area contributed by atoms with Crippen LogP contribution >= 0.6 is 0 Å². The first-order valence-electron chi connectivity index (χ1n) is 8.38. The van der Waals surface area contributed by atoms with E-state index in [0.29, 0.717) is 19.1 Å². The number of carbonyl (C=O) groups excluding carboxylic acids is 1. The van der Waals surface area contributed by atoms with Crippen molar-refractivity contribution in [2.45, 2.75) is 64.9 Å². The topological polar surface area (TPSA) is 41.6 Å². The van der Waals surface area contributed by atoms with Gasteiger partial charge in [-0.3, -0.25) is 4.79 Å². The molecule has 0 atom stereocenters. The van der Waals surface area contributed by atoms with E-state index in [1.54, 1.807) is 0 Å². The molecule has 0 saturated carbocycles. The summed E-state index contributed by atoms with van der Waals surface area (Å²) in [6, 6.07) is 0. The zero-order valence-electron chi connectivity index (χ0n) is 13.3. The number of rotatable bonds is 10. The van der Waals surface area contributed by atoms with Crippen molar-refractivity contribution in [3.05, 3.63) is 0 Å². The second kappa shape index (κ2) is 11.1. The lowest BCUT2D eigenvalue weighted by molar-refractivity contribution is -0.133. The zero-order valence-corrected chi connectivity index (χ0v) is 13.3. The molecule has 1 heterocycles. The maximum absolute atomic E-state index is 12.2. The molecular weight excluding hydrogens is 252 g/mol. The van der Waals surface area contributed by atoms with Gasteiger partial charge in [-0.05, 0) is 38.8 Å². The van der Waals surface area contributed by atoms with Gasteiger partial charge in [0, 0.05) is 13.1 Å². The predicted molar refractivity (Wildman–Crippen MR) is 82.9 cm³/mol. The van der Waals surface area contributed by atoms with Gasteiger partial charge in [-0.15, -0.1) is 0 Å². The summed E-state index contributed by atoms with van der Waals surface area (Å²) in [6.45, 7) is 8.81. The van der Waals surface area contributed by atoms with Crippen LogP contribution in [0.1, 0.15) is 58.8 Å². The van der Waals surface area contributed by atoms with E-state index >= 15 is 0 Å². The first kappa shape index (κ1) is 17.4. The highest BCUT2D eigenvalue weighted by atomic mass is 16.5. The van der Waals surface area contributed by atoms with Crippen LogP contribution in [0, 0.1) is 0 Å². The Bertz CT molecular complexity index is 245. The molecule has 1 rings (SSSR count). The molecule has 0 aliphatic carbocycles. The van der Waals surface area contributed by atoms with Crippen LogP contribution < -0.4 is 5.32 Å². The van der Waals surface area contributed by atoms with Gasteiger partial charge in [0.2, 0.25) is 5.91 Å². The third-order valence-corrected chi connectivity index (χ3v) is 3.87. The molecule has 0 spiro atoms. The fourth-order valence-electron chi connectivity index (χ4n) is 2.49. The van der Waals surface area contributed by atoms with Crippen LogP contribution in [0.4, 0.5) is 0 Å². The summed E-state index contributed by atoms with van der Waals surface area (Å²) < 4.78 is 5.83. The van der Waals surface area contributed by atoms with Crippen LogP contribution in [0.5, 0.6) is 0 Å². The Labute approximate surface area is 124 Å². The third kappa shape index (κ3) is 7.25. The van der Waals surface area contributed by atoms with E-state index in [0.717, 1.165) is 64.7 Å². The smallest absolute Gasteiger partial charge is 0.224 e. The second-order valence-electron chi connectivity index (χ2n) is 5.66. The molecule has 0 radical (unpaired) electrons. The summed E-state index contributed by atoms with van der Waals surface area (Å²) in [4.78, 5) is 14.3. The summed E-state index contributed by atoms with van der Waals surface area (Å²) in [5.41, 5.74) is 0. The van der Waals surface area contributed by atoms with E-state index in [-0.39, 0.29) is 5.91 Å². The lowest BCUT2D eigenvalue weighted by Crippen LogP contribution is -2.35. The van der Waals surface area contributed by atoms with E-state index in [1.807, 2.05) is 4.90 Å². The molecule has 0 aromatic heterocycles. The molecule has 1 aliphatic heterocycles. The first-order valence-corrected chi connectivity index (χ1v) is 8.38. The maximum atomic E-state index is 12.2. The normalized spacial score (nSPS) is 16.3. The lowest BCUT2D eigenvalue weighted by Gasteiger charge is -2.25. The van der Waals surface area contributed by atoms with Crippen molar-refractivity contribution in [1.82, 2.24) is 10.2 Å². The minimum absolute atomic E-state index is 0.265. The van der Waals surface area contributed by atoms with E-state index in [1.165, 1.54) is 0 Å². The minimum atomic E-state index is 0.265. The number of piperidine rings is 1. The summed E-state index contributed by atoms with van der Waals surface area (Å²) >= 11 is 0. The van der Waals surface area contributed by atoms with Crippen LogP contribution in [-0.4, -0.2) is 49.7 Å². The molecule has 20 heavy (non-hydrogen) atoms. The number of hydrogen-bond donors (Lipinski definition) is 1. The number of unbranched alkanes of at least 4 members (excludes halogenated alkanes) is 2. The van der Waals surface area contributed by atoms with Gasteiger partial charge in [0.1, 0.15) is 0 Å². The van der Waals surface area contributed by atoms with E-state index < -0.39 is 0 Å². The molecule has 1 aliphatic rings. The highest BCUT2D eigenvalue weighted by Crippen LogP contribution is 2.08. The van der Waals surface area contributed by atoms with Gasteiger partial charge in [0.15, 0.2) is 0 Å². The Morgan fingerprint density at radius 1 is 1.15 bits per heavy atom. The molecule has 0 unspecified atom stereocenters. The van der Waals surface area contributed by atoms with Crippen molar-refractivity contribution < 1.29 is 9.53 Å². The van der Waals surface area contributed by atoms with Crippen LogP contribution in [0.15, 0.2) is 0 Å². The molecule has 118 valence electrons. The van der Waals surface area contributed by atoms with Gasteiger partial charge < -0.3 is 15.0 Å². The number of amides is 1. The molecule has 0 aromatic rings. The summed E-state index contributed by atoms with van der Waals surface area (Å²) in [5.74, 6) is 0.265. The Hall–Kier alpha value is -0.610. The van der Waals surface area contributed by atoms with Crippen molar-refractivity contribution in [3.8, 4) is 0 Å². The zero-order chi connectivity index (χ0) is 14.6. The van der Waals surface area contributed by atoms with Crippen molar-refractivity contribution in [1.29, 1.82) is 0 Å². The Morgan fingerprint density at radius 3 is 2.30 bits per heavy atom. The van der Waals surface area contributed by atoms with Gasteiger partial charge in [-0.25, -0.2) is 0 Å². The predicted octanol–water partition coefficient (Wildman–Crippen LogP) is 2.57. The number of nitrogens with zero attached hydrogens (tertiary/aromatic N) is 1. The second-order valence-corrected chi connectivity index (χ2v) is 5.66. The molecule has 1 N–H and O–H groups in total. The SMILES string of the molecule is CCCCN(CCCC)C(=O)CCOC1CCNCC1. The van der Waals surface area contributed by atoms with Crippen molar-refractivity contribution >= 4 is 5.91 Å². The quantitative estimate of drug-likeness (QED) is 0.670. The van der Waals surface area contributed by atoms with E-state index in [2.05, 4.69) is 19.2 Å². The van der Waals surface area contributed by atoms with Gasteiger partial charge in [0.25, 0.3) is 0 Å². The van der Waals surface area contributed by atoms with Crippen molar-refractivity contribution in [3.63, 3.8) is 0 Å². The van der Waals surface area contributed by atoms with E-state index in [9.17, 15) is 4.79 Å². The minimum Gasteiger partial charge on any atom is -0.378 e. The van der Waals surface area contributed by atoms with Crippen LogP contribution in [-0.2, 0) is 9.53 Å². The maximum Gasteiger partial charge on any atom is 0.224 e. The van der Waals surface area contributed by atoms with Crippen molar-refractivity contribution in [2.75, 3.05) is 32.8 Å². The van der Waals surface area contributed by atoms with Crippen LogP contribution in [0.25, 0.3) is 0 Å². The first-order chi connectivity index (χ1) is 9.77. The summed E-state index contributed by atoms with van der Waals surface area (Å²) in [7, 11) is 0. The van der Waals surface area contributed by atoms with Crippen LogP contribution in [0.2, 0.25) is 0 Å². The van der Waals surface area contributed by atoms with Crippen LogP contribution in [0.3, 0.4) is 0 Å². The molecule has 1 saturated heterocycles. The van der Waals surface area contributed by atoms with Crippen molar-refractivity contribution in [2.24, 2.45) is 0 Å². The molecule has 4 nitrogen and oxygen atoms in total. The molecule has 1 fully saturated rings. The average molecular weight is 284 g/mol. The van der Waals surface area contributed by atoms with E-state index in [4.69, 9.17) is 4.74 Å². The standard InChI is InChI=1S/C16H32N2O2/c1-3-5-12-18(13-6-4-2)16(19)9-14-20-15-7-10-17-11-8-15/h15,17H,3-14H2,1-2H3. The Balaban J connectivity index is 2.21. The average Bonchev–Trinajstić information content (AvgIpc) is 2.48. The van der Waals surface area contributed by atoms with Gasteiger partial charge in [0.05, 0.1) is 19.1 Å². The molecule has 0 bridgehead atoms. The van der Waals surface area contributed by atoms with Gasteiger partial charge in [-0.2, -0.15) is 0 Å². The monoisotopic (exact) mass is 284 g/mol. The Kier molecular flexibility index (Phi) is 9.67. The molecule has 1 amide bonds. The highest BCUT2D eigenvalue weighted by molar-refractivity contribution is 5.76. The molecular formula is C16H32N2O2. The molecule has 0 aromatic carbocycles. The fourth-order valence-corrected chi connectivity index (χ4v) is 2.49. The largest absolute Gasteiger partial charge is 0.378 e. The third-order valence-electron chi connectivity index (χ3n) is 3.87. The van der Waals surface area contributed by atoms with Gasteiger partial charge in [-0.1, -0.05) is 26.7 Å². The Morgan fingerprint density at radius 2 is 1.75 bits per heavy atom.